The molecule has 1 aromatic carbocycles. The van der Waals surface area contributed by atoms with Crippen molar-refractivity contribution < 1.29 is 0 Å². The van der Waals surface area contributed by atoms with Crippen molar-refractivity contribution in [3.8, 4) is 17.3 Å². The molecule has 0 bridgehead atoms. The molecule has 0 amide bonds. The van der Waals surface area contributed by atoms with Crippen LogP contribution in [0.25, 0.3) is 11.3 Å². The Morgan fingerprint density at radius 1 is 1.30 bits per heavy atom. The summed E-state index contributed by atoms with van der Waals surface area (Å²) in [6.07, 6.45) is 2.55. The average Bonchev–Trinajstić information content (AvgIpc) is 2.69. The summed E-state index contributed by atoms with van der Waals surface area (Å²) in [5.41, 5.74) is 10.4. The van der Waals surface area contributed by atoms with Crippen LogP contribution in [0.4, 0.5) is 5.95 Å². The van der Waals surface area contributed by atoms with Crippen molar-refractivity contribution in [2.45, 2.75) is 19.5 Å². The summed E-state index contributed by atoms with van der Waals surface area (Å²) in [7, 11) is 0. The van der Waals surface area contributed by atoms with Gasteiger partial charge in [0.05, 0.1) is 28.6 Å². The minimum atomic E-state index is -0.159. The molecule has 0 saturated heterocycles. The minimum absolute atomic E-state index is 0.159. The SMILES string of the molecule is N#Cc1cccc(-c2ccc(CN3CCc4nc(N)[nH]c(=O)c4C3)cn2)c1. The summed E-state index contributed by atoms with van der Waals surface area (Å²) in [6.45, 7) is 2.06. The first-order valence-electron chi connectivity index (χ1n) is 8.68. The number of hydrogen-bond donors (Lipinski definition) is 2. The third-order valence-corrected chi connectivity index (χ3v) is 4.68. The molecule has 2 aromatic heterocycles. The number of benzene rings is 1. The second-order valence-corrected chi connectivity index (χ2v) is 6.58. The van der Waals surface area contributed by atoms with Crippen LogP contribution in [0.1, 0.15) is 22.4 Å². The third kappa shape index (κ3) is 3.57. The van der Waals surface area contributed by atoms with Crippen LogP contribution in [-0.2, 0) is 19.5 Å². The Morgan fingerprint density at radius 3 is 2.96 bits per heavy atom. The monoisotopic (exact) mass is 358 g/mol. The van der Waals surface area contributed by atoms with Gasteiger partial charge in [-0.05, 0) is 23.8 Å². The highest BCUT2D eigenvalue weighted by molar-refractivity contribution is 5.61. The quantitative estimate of drug-likeness (QED) is 0.739. The highest BCUT2D eigenvalue weighted by atomic mass is 16.1. The molecular formula is C20H18N6O. The molecule has 0 atom stereocenters. The molecule has 0 fully saturated rings. The van der Waals surface area contributed by atoms with Crippen LogP contribution in [-0.4, -0.2) is 26.4 Å². The minimum Gasteiger partial charge on any atom is -0.369 e. The van der Waals surface area contributed by atoms with Gasteiger partial charge in [-0.3, -0.25) is 19.7 Å². The van der Waals surface area contributed by atoms with E-state index in [4.69, 9.17) is 11.0 Å². The number of nitrogens with zero attached hydrogens (tertiary/aromatic N) is 4. The Balaban J connectivity index is 1.49. The molecule has 7 heteroatoms. The number of anilines is 1. The molecule has 3 N–H and O–H groups in total. The summed E-state index contributed by atoms with van der Waals surface area (Å²) < 4.78 is 0. The number of rotatable bonds is 3. The predicted octanol–water partition coefficient (Wildman–Crippen LogP) is 1.84. The molecule has 0 radical (unpaired) electrons. The lowest BCUT2D eigenvalue weighted by atomic mass is 10.1. The second-order valence-electron chi connectivity index (χ2n) is 6.58. The Kier molecular flexibility index (Phi) is 4.40. The molecule has 0 unspecified atom stereocenters. The van der Waals surface area contributed by atoms with E-state index >= 15 is 0 Å². The van der Waals surface area contributed by atoms with Crippen molar-refractivity contribution >= 4 is 5.95 Å². The van der Waals surface area contributed by atoms with Gasteiger partial charge in [0.25, 0.3) is 5.56 Å². The molecule has 1 aliphatic heterocycles. The van der Waals surface area contributed by atoms with Crippen LogP contribution < -0.4 is 11.3 Å². The second kappa shape index (κ2) is 7.02. The van der Waals surface area contributed by atoms with Crippen LogP contribution in [0.15, 0.2) is 47.4 Å². The van der Waals surface area contributed by atoms with Crippen molar-refractivity contribution in [3.63, 3.8) is 0 Å². The van der Waals surface area contributed by atoms with Gasteiger partial charge in [-0.25, -0.2) is 4.98 Å². The molecule has 3 aromatic rings. The molecule has 4 rings (SSSR count). The lowest BCUT2D eigenvalue weighted by Gasteiger charge is -2.27. The molecule has 7 nitrogen and oxygen atoms in total. The maximum absolute atomic E-state index is 12.1. The van der Waals surface area contributed by atoms with E-state index in [0.717, 1.165) is 29.1 Å². The first-order chi connectivity index (χ1) is 13.1. The number of aromatic amines is 1. The number of H-pyrrole nitrogens is 1. The molecule has 134 valence electrons. The number of hydrogen-bond acceptors (Lipinski definition) is 6. The van der Waals surface area contributed by atoms with Gasteiger partial charge in [0.15, 0.2) is 0 Å². The van der Waals surface area contributed by atoms with Gasteiger partial charge in [0.2, 0.25) is 5.95 Å². The van der Waals surface area contributed by atoms with E-state index in [-0.39, 0.29) is 11.5 Å². The van der Waals surface area contributed by atoms with Gasteiger partial charge in [0, 0.05) is 37.8 Å². The first-order valence-corrected chi connectivity index (χ1v) is 8.68. The summed E-state index contributed by atoms with van der Waals surface area (Å²) in [5.74, 6) is 0.174. The number of nitrogens with one attached hydrogen (secondary N) is 1. The molecule has 1 aliphatic rings. The fourth-order valence-electron chi connectivity index (χ4n) is 3.33. The molecule has 27 heavy (non-hydrogen) atoms. The number of nitrogen functional groups attached to an aromatic ring is 1. The largest absolute Gasteiger partial charge is 0.369 e. The van der Waals surface area contributed by atoms with Crippen LogP contribution in [0.2, 0.25) is 0 Å². The van der Waals surface area contributed by atoms with E-state index in [0.29, 0.717) is 30.6 Å². The van der Waals surface area contributed by atoms with Crippen molar-refractivity contribution in [2.75, 3.05) is 12.3 Å². The molecular weight excluding hydrogens is 340 g/mol. The maximum Gasteiger partial charge on any atom is 0.257 e. The number of nitrogens with two attached hydrogens (primary N) is 1. The number of pyridine rings is 1. The summed E-state index contributed by atoms with van der Waals surface area (Å²) >= 11 is 0. The normalized spacial score (nSPS) is 13.7. The Morgan fingerprint density at radius 2 is 2.19 bits per heavy atom. The van der Waals surface area contributed by atoms with E-state index < -0.39 is 0 Å². The lowest BCUT2D eigenvalue weighted by molar-refractivity contribution is 0.241. The predicted molar refractivity (Wildman–Crippen MR) is 101 cm³/mol. The van der Waals surface area contributed by atoms with E-state index in [1.54, 1.807) is 6.07 Å². The van der Waals surface area contributed by atoms with Gasteiger partial charge >= 0.3 is 0 Å². The average molecular weight is 358 g/mol. The van der Waals surface area contributed by atoms with E-state index in [1.807, 2.05) is 36.5 Å². The van der Waals surface area contributed by atoms with Gasteiger partial charge in [-0.1, -0.05) is 18.2 Å². The summed E-state index contributed by atoms with van der Waals surface area (Å²) in [5, 5.41) is 9.03. The van der Waals surface area contributed by atoms with Crippen LogP contribution in [0.3, 0.4) is 0 Å². The van der Waals surface area contributed by atoms with Crippen molar-refractivity contribution in [2.24, 2.45) is 0 Å². The van der Waals surface area contributed by atoms with Crippen LogP contribution in [0, 0.1) is 11.3 Å². The molecule has 0 spiro atoms. The third-order valence-electron chi connectivity index (χ3n) is 4.68. The summed E-state index contributed by atoms with van der Waals surface area (Å²) in [4.78, 5) is 25.6. The highest BCUT2D eigenvalue weighted by Crippen LogP contribution is 2.20. The van der Waals surface area contributed by atoms with Gasteiger partial charge < -0.3 is 5.73 Å². The molecule has 0 aliphatic carbocycles. The number of fused-ring (bicyclic) bond motifs is 1. The Hall–Kier alpha value is -3.50. The maximum atomic E-state index is 12.1. The standard InChI is InChI=1S/C20H18N6O/c21-9-13-2-1-3-15(8-13)17-5-4-14(10-23-17)11-26-7-6-18-16(12-26)19(27)25-20(22)24-18/h1-5,8,10H,6-7,11-12H2,(H3,22,24,25,27). The highest BCUT2D eigenvalue weighted by Gasteiger charge is 2.21. The van der Waals surface area contributed by atoms with E-state index in [9.17, 15) is 4.79 Å². The van der Waals surface area contributed by atoms with Crippen molar-refractivity contribution in [3.05, 3.63) is 75.3 Å². The lowest BCUT2D eigenvalue weighted by Crippen LogP contribution is -2.35. The molecule has 0 saturated carbocycles. The number of aromatic nitrogens is 3. The first kappa shape index (κ1) is 16.9. The topological polar surface area (TPSA) is 112 Å². The van der Waals surface area contributed by atoms with E-state index in [1.165, 1.54) is 0 Å². The zero-order valence-electron chi connectivity index (χ0n) is 14.6. The smallest absolute Gasteiger partial charge is 0.257 e. The summed E-state index contributed by atoms with van der Waals surface area (Å²) in [6, 6.07) is 13.5. The number of nitriles is 1. The van der Waals surface area contributed by atoms with Gasteiger partial charge in [0.1, 0.15) is 0 Å². The van der Waals surface area contributed by atoms with Crippen LogP contribution in [0.5, 0.6) is 0 Å². The van der Waals surface area contributed by atoms with Gasteiger partial charge in [-0.15, -0.1) is 0 Å². The zero-order valence-corrected chi connectivity index (χ0v) is 14.6. The Bertz CT molecular complexity index is 1080. The Labute approximate surface area is 156 Å². The van der Waals surface area contributed by atoms with Crippen molar-refractivity contribution in [1.82, 2.24) is 19.9 Å². The van der Waals surface area contributed by atoms with Crippen LogP contribution >= 0.6 is 0 Å². The zero-order chi connectivity index (χ0) is 18.8. The molecule has 3 heterocycles. The van der Waals surface area contributed by atoms with Crippen molar-refractivity contribution in [1.29, 1.82) is 5.26 Å². The fraction of sp³-hybridized carbons (Fsp3) is 0.200. The van der Waals surface area contributed by atoms with Gasteiger partial charge in [-0.2, -0.15) is 5.26 Å². The van der Waals surface area contributed by atoms with E-state index in [2.05, 4.69) is 25.9 Å². The fourth-order valence-corrected chi connectivity index (χ4v) is 3.33.